The molecule has 3 heterocycles. The fourth-order valence-electron chi connectivity index (χ4n) is 3.03. The highest BCUT2D eigenvalue weighted by Crippen LogP contribution is 2.33. The van der Waals surface area contributed by atoms with Crippen molar-refractivity contribution in [2.24, 2.45) is 5.92 Å². The number of aromatic nitrogens is 2. The van der Waals surface area contributed by atoms with E-state index in [0.717, 1.165) is 23.3 Å². The van der Waals surface area contributed by atoms with Crippen LogP contribution in [0.15, 0.2) is 34.0 Å². The molecule has 1 N–H and O–H groups in total. The Morgan fingerprint density at radius 3 is 2.93 bits per heavy atom. The number of fused-ring (bicyclic) bond motifs is 1. The molecule has 3 aromatic heterocycles. The van der Waals surface area contributed by atoms with Crippen LogP contribution in [0.4, 0.5) is 0 Å². The number of esters is 1. The Labute approximate surface area is 169 Å². The molecule has 1 amide bonds. The van der Waals surface area contributed by atoms with Gasteiger partial charge in [0.25, 0.3) is 11.5 Å². The third-order valence-corrected chi connectivity index (χ3v) is 6.52. The first kappa shape index (κ1) is 18.8. The second-order valence-corrected chi connectivity index (χ2v) is 8.64. The van der Waals surface area contributed by atoms with E-state index in [1.165, 1.54) is 22.2 Å². The molecule has 1 fully saturated rings. The van der Waals surface area contributed by atoms with Crippen LogP contribution in [0.1, 0.15) is 19.8 Å². The Hall–Kier alpha value is -2.52. The molecule has 28 heavy (non-hydrogen) atoms. The lowest BCUT2D eigenvalue weighted by Gasteiger charge is -2.13. The quantitative estimate of drug-likeness (QED) is 0.597. The lowest BCUT2D eigenvalue weighted by atomic mass is 10.2. The summed E-state index contributed by atoms with van der Waals surface area (Å²) >= 11 is 2.94. The van der Waals surface area contributed by atoms with E-state index in [0.29, 0.717) is 16.1 Å². The minimum atomic E-state index is -0.648. The summed E-state index contributed by atoms with van der Waals surface area (Å²) in [6.45, 7) is 1.32. The van der Waals surface area contributed by atoms with Crippen molar-refractivity contribution in [2.75, 3.05) is 6.61 Å². The standard InChI is InChI=1S/C19H19N3O4S2/c1-11(12-4-5-12)21-15(23)8-26-16(24)7-22-10-20-18-17(19(22)25)13(9-28-18)14-3-2-6-27-14/h2-3,6,9-12H,4-5,7-8H2,1H3,(H,21,23). The van der Waals surface area contributed by atoms with Gasteiger partial charge in [0.05, 0.1) is 11.7 Å². The number of ether oxygens (including phenoxy) is 1. The van der Waals surface area contributed by atoms with E-state index in [2.05, 4.69) is 10.3 Å². The molecule has 0 bridgehead atoms. The minimum absolute atomic E-state index is 0.0923. The Morgan fingerprint density at radius 2 is 2.21 bits per heavy atom. The number of hydrogen-bond donors (Lipinski definition) is 1. The third kappa shape index (κ3) is 4.00. The van der Waals surface area contributed by atoms with E-state index < -0.39 is 5.97 Å². The molecular weight excluding hydrogens is 398 g/mol. The monoisotopic (exact) mass is 417 g/mol. The lowest BCUT2D eigenvalue weighted by molar-refractivity contribution is -0.149. The predicted molar refractivity (Wildman–Crippen MR) is 108 cm³/mol. The van der Waals surface area contributed by atoms with E-state index in [4.69, 9.17) is 4.74 Å². The molecule has 9 heteroatoms. The first-order valence-electron chi connectivity index (χ1n) is 8.98. The molecular formula is C19H19N3O4S2. The van der Waals surface area contributed by atoms with Gasteiger partial charge >= 0.3 is 5.97 Å². The largest absolute Gasteiger partial charge is 0.454 e. The summed E-state index contributed by atoms with van der Waals surface area (Å²) in [5, 5.41) is 7.17. The molecule has 0 aromatic carbocycles. The maximum absolute atomic E-state index is 12.9. The van der Waals surface area contributed by atoms with Gasteiger partial charge in [-0.3, -0.25) is 19.0 Å². The van der Waals surface area contributed by atoms with Crippen LogP contribution in [0.3, 0.4) is 0 Å². The molecule has 1 unspecified atom stereocenters. The fraction of sp³-hybridized carbons (Fsp3) is 0.368. The van der Waals surface area contributed by atoms with E-state index in [1.807, 2.05) is 29.8 Å². The molecule has 7 nitrogen and oxygen atoms in total. The van der Waals surface area contributed by atoms with Gasteiger partial charge in [0.2, 0.25) is 0 Å². The van der Waals surface area contributed by atoms with Gasteiger partial charge in [-0.15, -0.1) is 22.7 Å². The van der Waals surface area contributed by atoms with Crippen LogP contribution in [-0.2, 0) is 20.9 Å². The highest BCUT2D eigenvalue weighted by atomic mass is 32.1. The van der Waals surface area contributed by atoms with Gasteiger partial charge in [0.1, 0.15) is 11.4 Å². The maximum Gasteiger partial charge on any atom is 0.326 e. The first-order valence-corrected chi connectivity index (χ1v) is 10.7. The van der Waals surface area contributed by atoms with Crippen LogP contribution in [0.2, 0.25) is 0 Å². The van der Waals surface area contributed by atoms with Crippen LogP contribution in [0, 0.1) is 5.92 Å². The van der Waals surface area contributed by atoms with Gasteiger partial charge in [0, 0.05) is 21.9 Å². The summed E-state index contributed by atoms with van der Waals surface area (Å²) in [5.74, 6) is -0.448. The van der Waals surface area contributed by atoms with Crippen LogP contribution in [0.5, 0.6) is 0 Å². The topological polar surface area (TPSA) is 90.3 Å². The number of nitrogens with zero attached hydrogens (tertiary/aromatic N) is 2. The molecule has 1 atom stereocenters. The van der Waals surface area contributed by atoms with Gasteiger partial charge in [-0.25, -0.2) is 4.98 Å². The van der Waals surface area contributed by atoms with E-state index in [-0.39, 0.29) is 30.7 Å². The molecule has 3 aromatic rings. The van der Waals surface area contributed by atoms with Crippen LogP contribution >= 0.6 is 22.7 Å². The van der Waals surface area contributed by atoms with Crippen molar-refractivity contribution in [1.82, 2.24) is 14.9 Å². The smallest absolute Gasteiger partial charge is 0.326 e. The second-order valence-electron chi connectivity index (χ2n) is 6.84. The molecule has 0 radical (unpaired) electrons. The fourth-order valence-corrected chi connectivity index (χ4v) is 4.75. The summed E-state index contributed by atoms with van der Waals surface area (Å²) in [6, 6.07) is 3.96. The molecule has 1 saturated carbocycles. The Balaban J connectivity index is 1.43. The van der Waals surface area contributed by atoms with Crippen LogP contribution < -0.4 is 10.9 Å². The zero-order valence-corrected chi connectivity index (χ0v) is 16.8. The molecule has 4 rings (SSSR count). The summed E-state index contributed by atoms with van der Waals surface area (Å²) in [4.78, 5) is 42.7. The maximum atomic E-state index is 12.9. The second kappa shape index (κ2) is 7.84. The Bertz CT molecular complexity index is 1070. The number of nitrogens with one attached hydrogen (secondary N) is 1. The van der Waals surface area contributed by atoms with E-state index in [9.17, 15) is 14.4 Å². The molecule has 1 aliphatic carbocycles. The van der Waals surface area contributed by atoms with Crippen molar-refractivity contribution in [2.45, 2.75) is 32.4 Å². The summed E-state index contributed by atoms with van der Waals surface area (Å²) in [7, 11) is 0. The van der Waals surface area contributed by atoms with Gasteiger partial charge < -0.3 is 10.1 Å². The van der Waals surface area contributed by atoms with Crippen molar-refractivity contribution in [3.05, 3.63) is 39.6 Å². The normalized spacial score (nSPS) is 14.8. The average molecular weight is 418 g/mol. The van der Waals surface area contributed by atoms with Crippen molar-refractivity contribution in [3.63, 3.8) is 0 Å². The lowest BCUT2D eigenvalue weighted by Crippen LogP contribution is -2.37. The third-order valence-electron chi connectivity index (χ3n) is 4.73. The molecule has 0 aliphatic heterocycles. The Kier molecular flexibility index (Phi) is 5.27. The summed E-state index contributed by atoms with van der Waals surface area (Å²) < 4.78 is 6.25. The zero-order chi connectivity index (χ0) is 19.7. The van der Waals surface area contributed by atoms with E-state index in [1.54, 1.807) is 11.3 Å². The van der Waals surface area contributed by atoms with Crippen molar-refractivity contribution >= 4 is 44.8 Å². The SMILES string of the molecule is CC(NC(=O)COC(=O)Cn1cnc2scc(-c3cccs3)c2c1=O)C1CC1. The number of amides is 1. The summed E-state index contributed by atoms with van der Waals surface area (Å²) in [5.41, 5.74) is 0.530. The number of rotatable bonds is 7. The summed E-state index contributed by atoms with van der Waals surface area (Å²) in [6.07, 6.45) is 3.58. The van der Waals surface area contributed by atoms with Crippen LogP contribution in [-0.4, -0.2) is 34.1 Å². The Morgan fingerprint density at radius 1 is 1.39 bits per heavy atom. The van der Waals surface area contributed by atoms with Crippen LogP contribution in [0.25, 0.3) is 20.7 Å². The number of carbonyl (C=O) groups is 2. The van der Waals surface area contributed by atoms with Gasteiger partial charge in [-0.2, -0.15) is 0 Å². The first-order chi connectivity index (χ1) is 13.5. The predicted octanol–water partition coefficient (Wildman–Crippen LogP) is 2.64. The highest BCUT2D eigenvalue weighted by Gasteiger charge is 2.29. The zero-order valence-electron chi connectivity index (χ0n) is 15.2. The number of hydrogen-bond acceptors (Lipinski definition) is 7. The van der Waals surface area contributed by atoms with E-state index >= 15 is 0 Å². The number of thiophene rings is 2. The minimum Gasteiger partial charge on any atom is -0.454 e. The van der Waals surface area contributed by atoms with Gasteiger partial charge in [-0.05, 0) is 37.1 Å². The number of carbonyl (C=O) groups excluding carboxylic acids is 2. The average Bonchev–Trinajstić information content (AvgIpc) is 3.21. The van der Waals surface area contributed by atoms with Gasteiger partial charge in [-0.1, -0.05) is 6.07 Å². The molecule has 0 saturated heterocycles. The molecule has 1 aliphatic rings. The molecule has 0 spiro atoms. The molecule has 146 valence electrons. The highest BCUT2D eigenvalue weighted by molar-refractivity contribution is 7.18. The van der Waals surface area contributed by atoms with Crippen molar-refractivity contribution in [3.8, 4) is 10.4 Å². The van der Waals surface area contributed by atoms with Crippen molar-refractivity contribution < 1.29 is 14.3 Å². The van der Waals surface area contributed by atoms with Crippen molar-refractivity contribution in [1.29, 1.82) is 0 Å². The van der Waals surface area contributed by atoms with Gasteiger partial charge in [0.15, 0.2) is 6.61 Å².